The number of amides is 1. The maximum absolute atomic E-state index is 12.0. The van der Waals surface area contributed by atoms with Gasteiger partial charge in [0.2, 0.25) is 5.91 Å². The maximum Gasteiger partial charge on any atom is 0.224 e. The summed E-state index contributed by atoms with van der Waals surface area (Å²) in [6.07, 6.45) is 0.396. The van der Waals surface area contributed by atoms with Crippen LogP contribution in [-0.2, 0) is 4.79 Å². The molecule has 0 aliphatic carbocycles. The van der Waals surface area contributed by atoms with E-state index in [1.807, 2.05) is 30.0 Å². The Hall–Kier alpha value is -1.75. The molecule has 0 bridgehead atoms. The number of nitrogens with two attached hydrogens (primary N) is 1. The number of carbonyl (C=O) groups is 1. The molecule has 0 spiro atoms. The summed E-state index contributed by atoms with van der Waals surface area (Å²) in [5.41, 5.74) is 7.18. The van der Waals surface area contributed by atoms with Crippen molar-refractivity contribution in [3.05, 3.63) is 23.8 Å². The zero-order valence-electron chi connectivity index (χ0n) is 13.8. The fraction of sp³-hybridized carbons (Fsp3) is 0.588. The monoisotopic (exact) mass is 306 g/mol. The molecule has 1 saturated heterocycles. The van der Waals surface area contributed by atoms with E-state index in [0.29, 0.717) is 37.0 Å². The van der Waals surface area contributed by atoms with Gasteiger partial charge in [-0.05, 0) is 30.5 Å². The van der Waals surface area contributed by atoms with E-state index in [9.17, 15) is 4.79 Å². The first-order valence-electron chi connectivity index (χ1n) is 7.83. The fourth-order valence-electron chi connectivity index (χ4n) is 2.86. The molecular formula is C17H26N2O3. The minimum absolute atomic E-state index is 0.0928. The summed E-state index contributed by atoms with van der Waals surface area (Å²) in [7, 11) is 1.63. The number of benzene rings is 1. The predicted molar refractivity (Wildman–Crippen MR) is 86.0 cm³/mol. The lowest BCUT2D eigenvalue weighted by molar-refractivity contribution is -0.128. The average Bonchev–Trinajstić information content (AvgIpc) is 2.78. The van der Waals surface area contributed by atoms with Crippen LogP contribution in [0.3, 0.4) is 0 Å². The molecular weight excluding hydrogens is 280 g/mol. The number of nitrogens with zero attached hydrogens (tertiary/aromatic N) is 1. The maximum atomic E-state index is 12.0. The van der Waals surface area contributed by atoms with Gasteiger partial charge in [0.15, 0.2) is 11.5 Å². The summed E-state index contributed by atoms with van der Waals surface area (Å²) >= 11 is 0. The van der Waals surface area contributed by atoms with Crippen LogP contribution in [0.5, 0.6) is 11.5 Å². The van der Waals surface area contributed by atoms with Crippen molar-refractivity contribution in [1.82, 2.24) is 4.90 Å². The summed E-state index contributed by atoms with van der Waals surface area (Å²) in [6, 6.07) is 5.53. The number of hydrogen-bond donors (Lipinski definition) is 1. The Bertz CT molecular complexity index is 531. The Kier molecular flexibility index (Phi) is 5.29. The van der Waals surface area contributed by atoms with E-state index in [2.05, 4.69) is 13.8 Å². The molecule has 2 unspecified atom stereocenters. The normalized spacial score (nSPS) is 21.5. The standard InChI is InChI=1S/C17H26N2O3/c1-5-19-16(20)9-13(18)17(19)12-6-7-14(21-4)15(8-12)22-10-11(2)3/h6-8,11,13,17H,5,9-10,18H2,1-4H3. The second-order valence-corrected chi connectivity index (χ2v) is 6.11. The van der Waals surface area contributed by atoms with Crippen molar-refractivity contribution in [3.8, 4) is 11.5 Å². The average molecular weight is 306 g/mol. The molecule has 1 aliphatic rings. The van der Waals surface area contributed by atoms with E-state index in [4.69, 9.17) is 15.2 Å². The smallest absolute Gasteiger partial charge is 0.224 e. The van der Waals surface area contributed by atoms with Gasteiger partial charge in [0.25, 0.3) is 0 Å². The molecule has 5 heteroatoms. The predicted octanol–water partition coefficient (Wildman–Crippen LogP) is 2.35. The van der Waals surface area contributed by atoms with Gasteiger partial charge in [-0.3, -0.25) is 4.79 Å². The van der Waals surface area contributed by atoms with E-state index in [0.717, 1.165) is 5.56 Å². The Labute approximate surface area is 132 Å². The van der Waals surface area contributed by atoms with Gasteiger partial charge in [-0.25, -0.2) is 0 Å². The van der Waals surface area contributed by atoms with Crippen LogP contribution in [0.2, 0.25) is 0 Å². The first-order chi connectivity index (χ1) is 10.5. The largest absolute Gasteiger partial charge is 0.493 e. The van der Waals surface area contributed by atoms with Gasteiger partial charge in [-0.1, -0.05) is 19.9 Å². The minimum Gasteiger partial charge on any atom is -0.493 e. The van der Waals surface area contributed by atoms with E-state index >= 15 is 0 Å². The van der Waals surface area contributed by atoms with Crippen LogP contribution >= 0.6 is 0 Å². The summed E-state index contributed by atoms with van der Waals surface area (Å²) in [4.78, 5) is 13.8. The number of methoxy groups -OCH3 is 1. The van der Waals surface area contributed by atoms with Crippen LogP contribution in [0.1, 0.15) is 38.8 Å². The number of rotatable bonds is 6. The van der Waals surface area contributed by atoms with E-state index < -0.39 is 0 Å². The van der Waals surface area contributed by atoms with Gasteiger partial charge in [-0.15, -0.1) is 0 Å². The van der Waals surface area contributed by atoms with Crippen LogP contribution in [0.15, 0.2) is 18.2 Å². The molecule has 5 nitrogen and oxygen atoms in total. The summed E-state index contributed by atoms with van der Waals surface area (Å²) in [5, 5.41) is 0. The van der Waals surface area contributed by atoms with Crippen molar-refractivity contribution in [2.24, 2.45) is 11.7 Å². The van der Waals surface area contributed by atoms with Gasteiger partial charge in [-0.2, -0.15) is 0 Å². The SMILES string of the molecule is CCN1C(=O)CC(N)C1c1ccc(OC)c(OCC(C)C)c1. The van der Waals surface area contributed by atoms with Crippen LogP contribution in [0.25, 0.3) is 0 Å². The van der Waals surface area contributed by atoms with Crippen LogP contribution in [0, 0.1) is 5.92 Å². The Morgan fingerprint density at radius 3 is 2.68 bits per heavy atom. The van der Waals surface area contributed by atoms with E-state index in [-0.39, 0.29) is 18.0 Å². The van der Waals surface area contributed by atoms with Crippen molar-refractivity contribution < 1.29 is 14.3 Å². The number of likely N-dealkylation sites (N-methyl/N-ethyl adjacent to an activating group) is 1. The van der Waals surface area contributed by atoms with Gasteiger partial charge in [0.05, 0.1) is 19.8 Å². The molecule has 1 amide bonds. The molecule has 0 radical (unpaired) electrons. The lowest BCUT2D eigenvalue weighted by Gasteiger charge is -2.26. The Morgan fingerprint density at radius 1 is 1.36 bits per heavy atom. The molecule has 1 heterocycles. The van der Waals surface area contributed by atoms with E-state index in [1.54, 1.807) is 7.11 Å². The third kappa shape index (κ3) is 3.35. The summed E-state index contributed by atoms with van der Waals surface area (Å²) < 4.78 is 11.2. The lowest BCUT2D eigenvalue weighted by Crippen LogP contribution is -2.32. The number of ether oxygens (including phenoxy) is 2. The molecule has 2 atom stereocenters. The molecule has 22 heavy (non-hydrogen) atoms. The highest BCUT2D eigenvalue weighted by atomic mass is 16.5. The molecule has 2 N–H and O–H groups in total. The number of hydrogen-bond acceptors (Lipinski definition) is 4. The van der Waals surface area contributed by atoms with Crippen molar-refractivity contribution in [3.63, 3.8) is 0 Å². The number of carbonyl (C=O) groups excluding carboxylic acids is 1. The molecule has 1 aromatic rings. The Balaban J connectivity index is 2.31. The van der Waals surface area contributed by atoms with Gasteiger partial charge < -0.3 is 20.1 Å². The first-order valence-corrected chi connectivity index (χ1v) is 7.83. The van der Waals surface area contributed by atoms with Crippen molar-refractivity contribution >= 4 is 5.91 Å². The summed E-state index contributed by atoms with van der Waals surface area (Å²) in [5.74, 6) is 1.94. The molecule has 0 aromatic heterocycles. The number of likely N-dealkylation sites (tertiary alicyclic amines) is 1. The molecule has 1 fully saturated rings. The Morgan fingerprint density at radius 2 is 2.09 bits per heavy atom. The van der Waals surface area contributed by atoms with E-state index in [1.165, 1.54) is 0 Å². The minimum atomic E-state index is -0.182. The van der Waals surface area contributed by atoms with Gasteiger partial charge in [0.1, 0.15) is 0 Å². The van der Waals surface area contributed by atoms with Crippen LogP contribution in [-0.4, -0.2) is 37.1 Å². The molecule has 1 aromatic carbocycles. The third-order valence-corrected chi connectivity index (χ3v) is 3.91. The second kappa shape index (κ2) is 7.01. The molecule has 1 aliphatic heterocycles. The molecule has 0 saturated carbocycles. The van der Waals surface area contributed by atoms with Crippen molar-refractivity contribution in [2.75, 3.05) is 20.3 Å². The highest BCUT2D eigenvalue weighted by Gasteiger charge is 2.37. The summed E-state index contributed by atoms with van der Waals surface area (Å²) in [6.45, 7) is 7.45. The highest BCUT2D eigenvalue weighted by molar-refractivity contribution is 5.80. The highest BCUT2D eigenvalue weighted by Crippen LogP contribution is 2.37. The zero-order valence-corrected chi connectivity index (χ0v) is 13.8. The van der Waals surface area contributed by atoms with Gasteiger partial charge in [0, 0.05) is 19.0 Å². The molecule has 122 valence electrons. The molecule has 2 rings (SSSR count). The zero-order chi connectivity index (χ0) is 16.3. The third-order valence-electron chi connectivity index (χ3n) is 3.91. The van der Waals surface area contributed by atoms with Crippen LogP contribution < -0.4 is 15.2 Å². The van der Waals surface area contributed by atoms with Crippen LogP contribution in [0.4, 0.5) is 0 Å². The van der Waals surface area contributed by atoms with Crippen molar-refractivity contribution in [2.45, 2.75) is 39.3 Å². The van der Waals surface area contributed by atoms with Gasteiger partial charge >= 0.3 is 0 Å². The lowest BCUT2D eigenvalue weighted by atomic mass is 10.00. The fourth-order valence-corrected chi connectivity index (χ4v) is 2.86. The quantitative estimate of drug-likeness (QED) is 0.876. The second-order valence-electron chi connectivity index (χ2n) is 6.11. The topological polar surface area (TPSA) is 64.8 Å². The first kappa shape index (κ1) is 16.6. The van der Waals surface area contributed by atoms with Crippen molar-refractivity contribution in [1.29, 1.82) is 0 Å².